The summed E-state index contributed by atoms with van der Waals surface area (Å²) < 4.78 is 3.14. The molecule has 19 heavy (non-hydrogen) atoms. The van der Waals surface area contributed by atoms with Crippen LogP contribution in [-0.2, 0) is 7.05 Å². The van der Waals surface area contributed by atoms with E-state index < -0.39 is 0 Å². The Morgan fingerprint density at radius 3 is 2.42 bits per heavy atom. The van der Waals surface area contributed by atoms with E-state index in [1.165, 1.54) is 0 Å². The molecule has 0 saturated heterocycles. The Hall–Kier alpha value is -2.20. The second-order valence-electron chi connectivity index (χ2n) is 4.33. The number of aryl methyl sites for hydroxylation is 1. The number of benzene rings is 2. The summed E-state index contributed by atoms with van der Waals surface area (Å²) in [6.07, 6.45) is 0. The highest BCUT2D eigenvalue weighted by Crippen LogP contribution is 2.22. The molecule has 1 heterocycles. The van der Waals surface area contributed by atoms with Crippen molar-refractivity contribution in [3.8, 4) is 11.4 Å². The summed E-state index contributed by atoms with van der Waals surface area (Å²) in [7, 11) is 1.72. The highest BCUT2D eigenvalue weighted by atomic mass is 35.5. The van der Waals surface area contributed by atoms with Crippen LogP contribution < -0.4 is 5.69 Å². The van der Waals surface area contributed by atoms with Gasteiger partial charge in [-0.3, -0.25) is 9.13 Å². The number of hydrogen-bond acceptors (Lipinski definition) is 2. The van der Waals surface area contributed by atoms with Gasteiger partial charge in [-0.05, 0) is 42.5 Å². The molecule has 3 aromatic rings. The second-order valence-corrected chi connectivity index (χ2v) is 4.76. The van der Waals surface area contributed by atoms with Gasteiger partial charge in [0.25, 0.3) is 0 Å². The number of hydrogen-bond donors (Lipinski definition) is 1. The van der Waals surface area contributed by atoms with Crippen LogP contribution in [0, 0.1) is 0 Å². The molecule has 5 heteroatoms. The van der Waals surface area contributed by atoms with Crippen molar-refractivity contribution < 1.29 is 5.11 Å². The number of aromatic hydroxyl groups is 1. The predicted octanol–water partition coefficient (Wildman–Crippen LogP) is 2.69. The van der Waals surface area contributed by atoms with Gasteiger partial charge in [0.2, 0.25) is 0 Å². The molecule has 3 rings (SSSR count). The van der Waals surface area contributed by atoms with E-state index >= 15 is 0 Å². The molecule has 0 aliphatic heterocycles. The third-order valence-electron chi connectivity index (χ3n) is 3.13. The topological polar surface area (TPSA) is 47.2 Å². The molecule has 0 amide bonds. The van der Waals surface area contributed by atoms with E-state index in [0.717, 1.165) is 11.0 Å². The zero-order valence-corrected chi connectivity index (χ0v) is 10.9. The maximum absolute atomic E-state index is 12.3. The van der Waals surface area contributed by atoms with Crippen molar-refractivity contribution >= 4 is 22.6 Å². The van der Waals surface area contributed by atoms with E-state index in [9.17, 15) is 9.90 Å². The number of nitrogens with zero attached hydrogens (tertiary/aromatic N) is 2. The molecule has 0 saturated carbocycles. The second kappa shape index (κ2) is 4.17. The summed E-state index contributed by atoms with van der Waals surface area (Å²) in [6, 6.07) is 11.8. The fourth-order valence-electron chi connectivity index (χ4n) is 2.17. The van der Waals surface area contributed by atoms with Crippen LogP contribution in [0.25, 0.3) is 16.7 Å². The smallest absolute Gasteiger partial charge is 0.333 e. The minimum absolute atomic E-state index is 0.150. The number of fused-ring (bicyclic) bond motifs is 1. The normalized spacial score (nSPS) is 11.1. The molecule has 0 unspecified atom stereocenters. The minimum atomic E-state index is -0.150. The molecule has 0 aliphatic carbocycles. The fourth-order valence-corrected chi connectivity index (χ4v) is 2.33. The maximum atomic E-state index is 12.3. The van der Waals surface area contributed by atoms with Crippen LogP contribution >= 0.6 is 11.6 Å². The van der Waals surface area contributed by atoms with Gasteiger partial charge in [0.15, 0.2) is 0 Å². The third-order valence-corrected chi connectivity index (χ3v) is 3.36. The molecule has 96 valence electrons. The lowest BCUT2D eigenvalue weighted by atomic mass is 10.2. The first-order valence-electron chi connectivity index (χ1n) is 5.74. The summed E-state index contributed by atoms with van der Waals surface area (Å²) in [5.74, 6) is 0.162. The van der Waals surface area contributed by atoms with E-state index in [1.54, 1.807) is 52.6 Å². The van der Waals surface area contributed by atoms with E-state index in [2.05, 4.69) is 0 Å². The summed E-state index contributed by atoms with van der Waals surface area (Å²) in [5.41, 5.74) is 2.09. The van der Waals surface area contributed by atoms with Gasteiger partial charge in [-0.2, -0.15) is 0 Å². The van der Waals surface area contributed by atoms with Crippen LogP contribution in [0.5, 0.6) is 5.75 Å². The third kappa shape index (κ3) is 1.81. The number of aromatic nitrogens is 2. The Balaban J connectivity index is 2.40. The molecular weight excluding hydrogens is 264 g/mol. The van der Waals surface area contributed by atoms with Gasteiger partial charge in [0.05, 0.1) is 16.7 Å². The van der Waals surface area contributed by atoms with Gasteiger partial charge in [0, 0.05) is 12.1 Å². The summed E-state index contributed by atoms with van der Waals surface area (Å²) >= 11 is 6.00. The lowest BCUT2D eigenvalue weighted by molar-refractivity contribution is 0.475. The zero-order chi connectivity index (χ0) is 13.6. The van der Waals surface area contributed by atoms with Crippen molar-refractivity contribution in [3.63, 3.8) is 0 Å². The first-order chi connectivity index (χ1) is 9.08. The fraction of sp³-hybridized carbons (Fsp3) is 0.0714. The molecule has 0 fully saturated rings. The van der Waals surface area contributed by atoms with Crippen LogP contribution in [0.1, 0.15) is 0 Å². The quantitative estimate of drug-likeness (QED) is 0.742. The van der Waals surface area contributed by atoms with Crippen LogP contribution in [0.2, 0.25) is 5.02 Å². The van der Waals surface area contributed by atoms with Gasteiger partial charge >= 0.3 is 5.69 Å². The molecule has 0 aliphatic rings. The largest absolute Gasteiger partial charge is 0.508 e. The summed E-state index contributed by atoms with van der Waals surface area (Å²) in [5, 5.41) is 9.90. The van der Waals surface area contributed by atoms with Crippen molar-refractivity contribution in [2.45, 2.75) is 0 Å². The molecule has 0 atom stereocenters. The van der Waals surface area contributed by atoms with Gasteiger partial charge in [-0.25, -0.2) is 4.79 Å². The van der Waals surface area contributed by atoms with Gasteiger partial charge in [-0.1, -0.05) is 11.6 Å². The molecule has 4 nitrogen and oxygen atoms in total. The lowest BCUT2D eigenvalue weighted by Crippen LogP contribution is -2.20. The first-order valence-corrected chi connectivity index (χ1v) is 6.12. The van der Waals surface area contributed by atoms with E-state index in [4.69, 9.17) is 11.6 Å². The lowest BCUT2D eigenvalue weighted by Gasteiger charge is -2.03. The highest BCUT2D eigenvalue weighted by molar-refractivity contribution is 6.31. The zero-order valence-electron chi connectivity index (χ0n) is 10.2. The first kappa shape index (κ1) is 11.9. The van der Waals surface area contributed by atoms with Crippen molar-refractivity contribution in [3.05, 3.63) is 58.0 Å². The number of imidazole rings is 1. The molecule has 1 N–H and O–H groups in total. The SMILES string of the molecule is Cn1c(=O)n(-c2ccc(O)cc2)c2cc(Cl)ccc21. The minimum Gasteiger partial charge on any atom is -0.508 e. The molecule has 1 aromatic heterocycles. The Morgan fingerprint density at radius 2 is 1.74 bits per heavy atom. The van der Waals surface area contributed by atoms with Gasteiger partial charge in [-0.15, -0.1) is 0 Å². The van der Waals surface area contributed by atoms with Crippen molar-refractivity contribution in [2.24, 2.45) is 7.05 Å². The van der Waals surface area contributed by atoms with Gasteiger partial charge < -0.3 is 5.11 Å². The van der Waals surface area contributed by atoms with Crippen molar-refractivity contribution in [2.75, 3.05) is 0 Å². The predicted molar refractivity (Wildman–Crippen MR) is 75.2 cm³/mol. The average molecular weight is 275 g/mol. The van der Waals surface area contributed by atoms with E-state index in [1.807, 2.05) is 6.07 Å². The summed E-state index contributed by atoms with van der Waals surface area (Å²) in [6.45, 7) is 0. The molecular formula is C14H11ClN2O2. The summed E-state index contributed by atoms with van der Waals surface area (Å²) in [4.78, 5) is 12.3. The maximum Gasteiger partial charge on any atom is 0.333 e. The van der Waals surface area contributed by atoms with Gasteiger partial charge in [0.1, 0.15) is 5.75 Å². The van der Waals surface area contributed by atoms with Crippen molar-refractivity contribution in [1.82, 2.24) is 9.13 Å². The number of phenols is 1. The van der Waals surface area contributed by atoms with Crippen LogP contribution in [0.3, 0.4) is 0 Å². The Morgan fingerprint density at radius 1 is 1.05 bits per heavy atom. The van der Waals surface area contributed by atoms with E-state index in [-0.39, 0.29) is 11.4 Å². The monoisotopic (exact) mass is 274 g/mol. The average Bonchev–Trinajstić information content (AvgIpc) is 2.63. The highest BCUT2D eigenvalue weighted by Gasteiger charge is 2.12. The molecule has 2 aromatic carbocycles. The van der Waals surface area contributed by atoms with E-state index in [0.29, 0.717) is 10.7 Å². The Bertz CT molecular complexity index is 816. The van der Waals surface area contributed by atoms with Crippen LogP contribution in [0.15, 0.2) is 47.3 Å². The standard InChI is InChI=1S/C14H11ClN2O2/c1-16-12-7-2-9(15)8-13(12)17(14(16)19)10-3-5-11(18)6-4-10/h2-8,18H,1H3. The molecule has 0 radical (unpaired) electrons. The van der Waals surface area contributed by atoms with Crippen LogP contribution in [-0.4, -0.2) is 14.2 Å². The number of rotatable bonds is 1. The van der Waals surface area contributed by atoms with Crippen LogP contribution in [0.4, 0.5) is 0 Å². The molecule has 0 spiro atoms. The Kier molecular flexibility index (Phi) is 2.61. The molecule has 0 bridgehead atoms. The Labute approximate surface area is 114 Å². The van der Waals surface area contributed by atoms with Crippen molar-refractivity contribution in [1.29, 1.82) is 0 Å². The number of halogens is 1. The number of phenolic OH excluding ortho intramolecular Hbond substituents is 1.